The molecule has 0 spiro atoms. The molecule has 1 unspecified atom stereocenters. The second-order valence-corrected chi connectivity index (χ2v) is 9.12. The van der Waals surface area contributed by atoms with Crippen molar-refractivity contribution in [1.82, 2.24) is 9.21 Å². The minimum Gasteiger partial charge on any atom is -0.340 e. The van der Waals surface area contributed by atoms with Gasteiger partial charge in [0.2, 0.25) is 15.9 Å². The molecule has 138 valence electrons. The average molecular weight is 437 g/mol. The van der Waals surface area contributed by atoms with Gasteiger partial charge in [-0.2, -0.15) is 4.31 Å². The molecular formula is C19H21BrN2O3S. The normalized spacial score (nSPS) is 18.0. The predicted molar refractivity (Wildman–Crippen MR) is 104 cm³/mol. The summed E-state index contributed by atoms with van der Waals surface area (Å²) in [5.74, 6) is -0.169. The van der Waals surface area contributed by atoms with Crippen molar-refractivity contribution in [2.75, 3.05) is 13.6 Å². The van der Waals surface area contributed by atoms with Crippen LogP contribution in [0.5, 0.6) is 0 Å². The first-order valence-electron chi connectivity index (χ1n) is 8.46. The van der Waals surface area contributed by atoms with E-state index < -0.39 is 16.1 Å². The van der Waals surface area contributed by atoms with Crippen LogP contribution in [0, 0.1) is 0 Å². The van der Waals surface area contributed by atoms with Crippen LogP contribution >= 0.6 is 15.9 Å². The van der Waals surface area contributed by atoms with Gasteiger partial charge in [0.1, 0.15) is 6.04 Å². The summed E-state index contributed by atoms with van der Waals surface area (Å²) in [6.07, 6.45) is 1.23. The van der Waals surface area contributed by atoms with Crippen molar-refractivity contribution >= 4 is 31.9 Å². The van der Waals surface area contributed by atoms with Gasteiger partial charge in [0, 0.05) is 24.6 Å². The molecule has 5 nitrogen and oxygen atoms in total. The highest BCUT2D eigenvalue weighted by molar-refractivity contribution is 9.10. The maximum Gasteiger partial charge on any atom is 0.243 e. The topological polar surface area (TPSA) is 57.7 Å². The van der Waals surface area contributed by atoms with Gasteiger partial charge in [0.15, 0.2) is 0 Å². The van der Waals surface area contributed by atoms with Crippen LogP contribution in [0.1, 0.15) is 18.4 Å². The Hall–Kier alpha value is -1.70. The lowest BCUT2D eigenvalue weighted by Crippen LogP contribution is -2.46. The third-order valence-corrected chi connectivity index (χ3v) is 7.28. The van der Waals surface area contributed by atoms with Gasteiger partial charge in [-0.1, -0.05) is 52.3 Å². The fourth-order valence-electron chi connectivity index (χ4n) is 3.22. The van der Waals surface area contributed by atoms with E-state index in [9.17, 15) is 13.2 Å². The lowest BCUT2D eigenvalue weighted by atomic mass is 10.1. The maximum absolute atomic E-state index is 13.0. The monoisotopic (exact) mass is 436 g/mol. The standard InChI is InChI=1S/C19H21BrN2O3S/c1-21(14-15-8-5-6-11-17(15)20)19(23)18-12-7-13-22(18)26(24,25)16-9-3-2-4-10-16/h2-6,8-11,18H,7,12-14H2,1H3. The van der Waals surface area contributed by atoms with Crippen molar-refractivity contribution in [1.29, 1.82) is 0 Å². The van der Waals surface area contributed by atoms with Gasteiger partial charge < -0.3 is 4.90 Å². The first-order chi connectivity index (χ1) is 12.4. The average Bonchev–Trinajstić information content (AvgIpc) is 3.14. The van der Waals surface area contributed by atoms with Crippen LogP contribution in [0.3, 0.4) is 0 Å². The molecule has 2 aromatic rings. The summed E-state index contributed by atoms with van der Waals surface area (Å²) in [5, 5.41) is 0. The number of sulfonamides is 1. The lowest BCUT2D eigenvalue weighted by molar-refractivity contribution is -0.133. The fraction of sp³-hybridized carbons (Fsp3) is 0.316. The van der Waals surface area contributed by atoms with Gasteiger partial charge >= 0.3 is 0 Å². The van der Waals surface area contributed by atoms with E-state index in [-0.39, 0.29) is 10.8 Å². The summed E-state index contributed by atoms with van der Waals surface area (Å²) < 4.78 is 28.1. The van der Waals surface area contributed by atoms with Crippen molar-refractivity contribution in [2.45, 2.75) is 30.3 Å². The SMILES string of the molecule is CN(Cc1ccccc1Br)C(=O)C1CCCN1S(=O)(=O)c1ccccc1. The Morgan fingerprint density at radius 3 is 2.50 bits per heavy atom. The quantitative estimate of drug-likeness (QED) is 0.722. The second-order valence-electron chi connectivity index (χ2n) is 6.37. The summed E-state index contributed by atoms with van der Waals surface area (Å²) >= 11 is 3.49. The molecule has 0 N–H and O–H groups in total. The van der Waals surface area contributed by atoms with Crippen LogP contribution in [0.2, 0.25) is 0 Å². The van der Waals surface area contributed by atoms with Crippen molar-refractivity contribution in [3.63, 3.8) is 0 Å². The highest BCUT2D eigenvalue weighted by Crippen LogP contribution is 2.27. The molecule has 0 aromatic heterocycles. The number of halogens is 1. The predicted octanol–water partition coefficient (Wildman–Crippen LogP) is 3.26. The van der Waals surface area contributed by atoms with E-state index in [0.717, 1.165) is 10.0 Å². The molecule has 1 atom stereocenters. The van der Waals surface area contributed by atoms with E-state index in [4.69, 9.17) is 0 Å². The number of hydrogen-bond donors (Lipinski definition) is 0. The summed E-state index contributed by atoms with van der Waals surface area (Å²) in [6, 6.07) is 15.4. The Morgan fingerprint density at radius 2 is 1.81 bits per heavy atom. The Balaban J connectivity index is 1.79. The zero-order valence-corrected chi connectivity index (χ0v) is 16.9. The molecule has 0 saturated carbocycles. The molecule has 1 amide bonds. The molecule has 7 heteroatoms. The summed E-state index contributed by atoms with van der Waals surface area (Å²) in [6.45, 7) is 0.798. The molecular weight excluding hydrogens is 416 g/mol. The number of carbonyl (C=O) groups is 1. The summed E-state index contributed by atoms with van der Waals surface area (Å²) in [7, 11) is -1.96. The van der Waals surface area contributed by atoms with Gasteiger partial charge in [-0.15, -0.1) is 0 Å². The summed E-state index contributed by atoms with van der Waals surface area (Å²) in [5.41, 5.74) is 0.985. The Bertz CT molecular complexity index is 887. The zero-order valence-electron chi connectivity index (χ0n) is 14.5. The van der Waals surface area contributed by atoms with E-state index >= 15 is 0 Å². The molecule has 3 rings (SSSR count). The Labute approximate surface area is 162 Å². The number of hydrogen-bond acceptors (Lipinski definition) is 3. The van der Waals surface area contributed by atoms with Crippen molar-refractivity contribution in [2.24, 2.45) is 0 Å². The number of likely N-dealkylation sites (N-methyl/N-ethyl adjacent to an activating group) is 1. The van der Waals surface area contributed by atoms with E-state index in [2.05, 4.69) is 15.9 Å². The van der Waals surface area contributed by atoms with Crippen LogP contribution < -0.4 is 0 Å². The molecule has 0 bridgehead atoms. The minimum atomic E-state index is -3.67. The van der Waals surface area contributed by atoms with Crippen molar-refractivity contribution < 1.29 is 13.2 Å². The van der Waals surface area contributed by atoms with Gasteiger partial charge in [-0.3, -0.25) is 4.79 Å². The summed E-state index contributed by atoms with van der Waals surface area (Å²) in [4.78, 5) is 14.8. The third kappa shape index (κ3) is 3.84. The molecule has 1 aliphatic heterocycles. The molecule has 2 aromatic carbocycles. The molecule has 1 saturated heterocycles. The smallest absolute Gasteiger partial charge is 0.243 e. The third-order valence-electron chi connectivity index (χ3n) is 4.58. The first kappa shape index (κ1) is 19.1. The number of carbonyl (C=O) groups excluding carboxylic acids is 1. The highest BCUT2D eigenvalue weighted by atomic mass is 79.9. The second kappa shape index (κ2) is 7.90. The first-order valence-corrected chi connectivity index (χ1v) is 10.7. The van der Waals surface area contributed by atoms with E-state index in [1.54, 1.807) is 42.3 Å². The molecule has 26 heavy (non-hydrogen) atoms. The van der Waals surface area contributed by atoms with Gasteiger partial charge in [-0.25, -0.2) is 8.42 Å². The van der Waals surface area contributed by atoms with Crippen molar-refractivity contribution in [3.05, 3.63) is 64.6 Å². The van der Waals surface area contributed by atoms with Crippen LogP contribution in [-0.4, -0.2) is 43.2 Å². The van der Waals surface area contributed by atoms with Crippen LogP contribution in [-0.2, 0) is 21.4 Å². The van der Waals surface area contributed by atoms with Crippen LogP contribution in [0.25, 0.3) is 0 Å². The minimum absolute atomic E-state index is 0.169. The van der Waals surface area contributed by atoms with Gasteiger partial charge in [-0.05, 0) is 36.6 Å². The highest BCUT2D eigenvalue weighted by Gasteiger charge is 2.40. The van der Waals surface area contributed by atoms with Gasteiger partial charge in [0.25, 0.3) is 0 Å². The number of nitrogens with zero attached hydrogens (tertiary/aromatic N) is 2. The van der Waals surface area contributed by atoms with E-state index in [1.807, 2.05) is 24.3 Å². The van der Waals surface area contributed by atoms with E-state index in [0.29, 0.717) is 25.9 Å². The Morgan fingerprint density at radius 1 is 1.15 bits per heavy atom. The Kier molecular flexibility index (Phi) is 5.79. The number of benzene rings is 2. The lowest BCUT2D eigenvalue weighted by Gasteiger charge is -2.27. The van der Waals surface area contributed by atoms with Crippen LogP contribution in [0.15, 0.2) is 64.0 Å². The van der Waals surface area contributed by atoms with Crippen LogP contribution in [0.4, 0.5) is 0 Å². The molecule has 1 aliphatic rings. The number of rotatable bonds is 5. The van der Waals surface area contributed by atoms with E-state index in [1.165, 1.54) is 4.31 Å². The molecule has 1 heterocycles. The zero-order chi connectivity index (χ0) is 18.7. The number of amides is 1. The largest absolute Gasteiger partial charge is 0.340 e. The molecule has 0 aliphatic carbocycles. The molecule has 0 radical (unpaired) electrons. The fourth-order valence-corrected chi connectivity index (χ4v) is 5.30. The van der Waals surface area contributed by atoms with Gasteiger partial charge in [0.05, 0.1) is 4.90 Å². The molecule has 1 fully saturated rings. The van der Waals surface area contributed by atoms with Crippen molar-refractivity contribution in [3.8, 4) is 0 Å². The maximum atomic E-state index is 13.0.